The minimum absolute atomic E-state index is 0.138. The number of nitrogens with one attached hydrogen (secondary N) is 1. The van der Waals surface area contributed by atoms with Gasteiger partial charge < -0.3 is 16.0 Å². The van der Waals surface area contributed by atoms with Crippen molar-refractivity contribution in [3.05, 3.63) is 54.4 Å². The average Bonchev–Trinajstić information content (AvgIpc) is 2.67. The van der Waals surface area contributed by atoms with E-state index in [1.165, 1.54) is 0 Å². The molecule has 130 valence electrons. The summed E-state index contributed by atoms with van der Waals surface area (Å²) < 4.78 is 0. The predicted molar refractivity (Wildman–Crippen MR) is 93.5 cm³/mol. The molecular weight excluding hydrogens is 318 g/mol. The quantitative estimate of drug-likeness (QED) is 0.847. The maximum Gasteiger partial charge on any atom is 0.244 e. The molecule has 1 aromatic carbocycles. The first kappa shape index (κ1) is 16.9. The number of hydrogen-bond acceptors (Lipinski definition) is 5. The summed E-state index contributed by atoms with van der Waals surface area (Å²) >= 11 is 0. The number of piperidine rings is 1. The van der Waals surface area contributed by atoms with Crippen molar-refractivity contribution in [2.45, 2.75) is 18.9 Å². The van der Waals surface area contributed by atoms with E-state index in [9.17, 15) is 9.59 Å². The molecule has 3 rings (SSSR count). The van der Waals surface area contributed by atoms with Gasteiger partial charge in [-0.2, -0.15) is 0 Å². The van der Waals surface area contributed by atoms with Gasteiger partial charge in [-0.15, -0.1) is 0 Å². The van der Waals surface area contributed by atoms with Gasteiger partial charge in [0.2, 0.25) is 17.8 Å². The second-order valence-electron chi connectivity index (χ2n) is 6.06. The number of benzene rings is 1. The van der Waals surface area contributed by atoms with Crippen LogP contribution < -0.4 is 16.0 Å². The molecule has 3 N–H and O–H groups in total. The molecule has 1 atom stereocenters. The second-order valence-corrected chi connectivity index (χ2v) is 6.06. The summed E-state index contributed by atoms with van der Waals surface area (Å²) in [5.74, 6) is -0.165. The average molecular weight is 339 g/mol. The molecule has 1 fully saturated rings. The first-order chi connectivity index (χ1) is 12.1. The van der Waals surface area contributed by atoms with Crippen LogP contribution in [0.1, 0.15) is 24.4 Å². The molecule has 2 heterocycles. The van der Waals surface area contributed by atoms with E-state index in [4.69, 9.17) is 5.73 Å². The van der Waals surface area contributed by atoms with E-state index in [0.717, 1.165) is 0 Å². The van der Waals surface area contributed by atoms with Crippen molar-refractivity contribution in [2.24, 2.45) is 11.7 Å². The number of carbonyl (C=O) groups excluding carboxylic acids is 2. The van der Waals surface area contributed by atoms with Crippen LogP contribution >= 0.6 is 0 Å². The third-order valence-electron chi connectivity index (χ3n) is 4.40. The van der Waals surface area contributed by atoms with Crippen LogP contribution in [0.5, 0.6) is 0 Å². The van der Waals surface area contributed by atoms with Crippen LogP contribution in [0.15, 0.2) is 48.8 Å². The van der Waals surface area contributed by atoms with Crippen LogP contribution in [0.3, 0.4) is 0 Å². The molecule has 0 aliphatic carbocycles. The number of aromatic nitrogens is 2. The normalized spacial score (nSPS) is 16.2. The van der Waals surface area contributed by atoms with Gasteiger partial charge in [0.1, 0.15) is 6.04 Å². The lowest BCUT2D eigenvalue weighted by molar-refractivity contribution is -0.130. The van der Waals surface area contributed by atoms with Crippen LogP contribution in [0, 0.1) is 5.92 Å². The predicted octanol–water partition coefficient (Wildman–Crippen LogP) is 1.04. The number of anilines is 1. The Morgan fingerprint density at radius 1 is 1.08 bits per heavy atom. The highest BCUT2D eigenvalue weighted by Gasteiger charge is 2.29. The molecule has 0 saturated carbocycles. The third-order valence-corrected chi connectivity index (χ3v) is 4.40. The summed E-state index contributed by atoms with van der Waals surface area (Å²) in [7, 11) is 0. The number of nitrogens with zero attached hydrogens (tertiary/aromatic N) is 3. The number of primary amides is 1. The second kappa shape index (κ2) is 7.74. The molecule has 1 aliphatic rings. The highest BCUT2D eigenvalue weighted by Crippen LogP contribution is 2.22. The van der Waals surface area contributed by atoms with Gasteiger partial charge in [0.15, 0.2) is 0 Å². The summed E-state index contributed by atoms with van der Waals surface area (Å²) in [6, 6.07) is 10.0. The minimum Gasteiger partial charge on any atom is -0.368 e. The van der Waals surface area contributed by atoms with Gasteiger partial charge in [-0.3, -0.25) is 9.59 Å². The summed E-state index contributed by atoms with van der Waals surface area (Å²) in [6.45, 7) is 1.41. The molecule has 0 unspecified atom stereocenters. The van der Waals surface area contributed by atoms with E-state index in [-0.39, 0.29) is 11.8 Å². The molecule has 1 saturated heterocycles. The van der Waals surface area contributed by atoms with Crippen LogP contribution in [0.2, 0.25) is 0 Å². The highest BCUT2D eigenvalue weighted by atomic mass is 16.2. The zero-order chi connectivity index (χ0) is 17.6. The molecule has 0 spiro atoms. The summed E-state index contributed by atoms with van der Waals surface area (Å²) in [5, 5.41) is 2.79. The van der Waals surface area contributed by atoms with Gasteiger partial charge in [0, 0.05) is 31.4 Å². The summed E-state index contributed by atoms with van der Waals surface area (Å²) in [6.07, 6.45) is 4.78. The fraction of sp³-hybridized carbons (Fsp3) is 0.333. The standard InChI is InChI=1S/C18H21N5O2/c19-16(24)15(13-5-2-1-3-6-13)22-17(25)14-7-11-23(12-8-14)18-20-9-4-10-21-18/h1-6,9-10,14-15H,7-8,11-12H2,(H2,19,24)(H,22,25)/t15-/m0/s1. The molecule has 1 aromatic heterocycles. The first-order valence-electron chi connectivity index (χ1n) is 8.32. The lowest BCUT2D eigenvalue weighted by atomic mass is 9.95. The van der Waals surface area contributed by atoms with Gasteiger partial charge in [-0.05, 0) is 24.5 Å². The Hall–Kier alpha value is -2.96. The third kappa shape index (κ3) is 4.12. The number of carbonyl (C=O) groups is 2. The maximum atomic E-state index is 12.6. The molecule has 0 radical (unpaired) electrons. The zero-order valence-electron chi connectivity index (χ0n) is 13.8. The molecule has 0 bridgehead atoms. The van der Waals surface area contributed by atoms with Crippen molar-refractivity contribution in [2.75, 3.05) is 18.0 Å². The molecule has 2 amide bonds. The number of nitrogens with two attached hydrogens (primary N) is 1. The van der Waals surface area contributed by atoms with Crippen molar-refractivity contribution in [1.29, 1.82) is 0 Å². The number of hydrogen-bond donors (Lipinski definition) is 2. The fourth-order valence-electron chi connectivity index (χ4n) is 3.02. The fourth-order valence-corrected chi connectivity index (χ4v) is 3.02. The molecule has 2 aromatic rings. The molecule has 7 nitrogen and oxygen atoms in total. The number of amides is 2. The first-order valence-corrected chi connectivity index (χ1v) is 8.32. The monoisotopic (exact) mass is 339 g/mol. The smallest absolute Gasteiger partial charge is 0.244 e. The van der Waals surface area contributed by atoms with E-state index in [2.05, 4.69) is 20.2 Å². The molecular formula is C18H21N5O2. The Bertz CT molecular complexity index is 715. The lowest BCUT2D eigenvalue weighted by Crippen LogP contribution is -2.44. The summed E-state index contributed by atoms with van der Waals surface area (Å²) in [5.41, 5.74) is 6.16. The Balaban J connectivity index is 1.59. The van der Waals surface area contributed by atoms with Gasteiger partial charge >= 0.3 is 0 Å². The maximum absolute atomic E-state index is 12.6. The van der Waals surface area contributed by atoms with Crippen LogP contribution in [0.25, 0.3) is 0 Å². The van der Waals surface area contributed by atoms with Crippen LogP contribution in [0.4, 0.5) is 5.95 Å². The Morgan fingerprint density at radius 2 is 1.72 bits per heavy atom. The minimum atomic E-state index is -0.802. The van der Waals surface area contributed by atoms with Gasteiger partial charge in [-0.25, -0.2) is 9.97 Å². The van der Waals surface area contributed by atoms with Crippen molar-refractivity contribution in [1.82, 2.24) is 15.3 Å². The highest BCUT2D eigenvalue weighted by molar-refractivity contribution is 5.88. The van der Waals surface area contributed by atoms with E-state index in [0.29, 0.717) is 37.4 Å². The van der Waals surface area contributed by atoms with Gasteiger partial charge in [0.25, 0.3) is 0 Å². The number of rotatable bonds is 5. The largest absolute Gasteiger partial charge is 0.368 e. The van der Waals surface area contributed by atoms with Crippen molar-refractivity contribution in [3.8, 4) is 0 Å². The summed E-state index contributed by atoms with van der Waals surface area (Å²) in [4.78, 5) is 34.8. The Kier molecular flexibility index (Phi) is 5.23. The topological polar surface area (TPSA) is 101 Å². The Morgan fingerprint density at radius 3 is 2.32 bits per heavy atom. The van der Waals surface area contributed by atoms with Crippen LogP contribution in [-0.4, -0.2) is 34.9 Å². The molecule has 1 aliphatic heterocycles. The Labute approximate surface area is 146 Å². The van der Waals surface area contributed by atoms with Crippen molar-refractivity contribution in [3.63, 3.8) is 0 Å². The molecule has 25 heavy (non-hydrogen) atoms. The molecule has 7 heteroatoms. The lowest BCUT2D eigenvalue weighted by Gasteiger charge is -2.31. The SMILES string of the molecule is NC(=O)[C@@H](NC(=O)C1CCN(c2ncccn2)CC1)c1ccccc1. The van der Waals surface area contributed by atoms with Gasteiger partial charge in [-0.1, -0.05) is 30.3 Å². The van der Waals surface area contributed by atoms with E-state index >= 15 is 0 Å². The van der Waals surface area contributed by atoms with E-state index < -0.39 is 11.9 Å². The van der Waals surface area contributed by atoms with Gasteiger partial charge in [0.05, 0.1) is 0 Å². The van der Waals surface area contributed by atoms with Crippen molar-refractivity contribution < 1.29 is 9.59 Å². The zero-order valence-corrected chi connectivity index (χ0v) is 13.8. The van der Waals surface area contributed by atoms with E-state index in [1.807, 2.05) is 18.2 Å². The van der Waals surface area contributed by atoms with Crippen LogP contribution in [-0.2, 0) is 9.59 Å². The van der Waals surface area contributed by atoms with E-state index in [1.54, 1.807) is 30.6 Å². The van der Waals surface area contributed by atoms with Crippen molar-refractivity contribution >= 4 is 17.8 Å².